The zero-order valence-electron chi connectivity index (χ0n) is 11.8. The molecule has 4 rings (SSSR count). The Balaban J connectivity index is 2.09. The van der Waals surface area contributed by atoms with E-state index in [1.165, 1.54) is 0 Å². The number of benzene rings is 2. The Kier molecular flexibility index (Phi) is 3.29. The monoisotopic (exact) mass is 339 g/mol. The van der Waals surface area contributed by atoms with Gasteiger partial charge in [0.15, 0.2) is 0 Å². The summed E-state index contributed by atoms with van der Waals surface area (Å²) in [6, 6.07) is 14.7. The minimum atomic E-state index is -0.955. The lowest BCUT2D eigenvalue weighted by atomic mass is 10.0. The molecule has 5 heteroatoms. The highest BCUT2D eigenvalue weighted by atomic mass is 35.5. The van der Waals surface area contributed by atoms with Crippen LogP contribution in [0.4, 0.5) is 0 Å². The van der Waals surface area contributed by atoms with E-state index in [1.54, 1.807) is 35.7 Å². The van der Waals surface area contributed by atoms with Crippen molar-refractivity contribution in [2.24, 2.45) is 0 Å². The van der Waals surface area contributed by atoms with Gasteiger partial charge in [-0.2, -0.15) is 0 Å². The predicted octanol–water partition coefficient (Wildman–Crippen LogP) is 5.47. The summed E-state index contributed by atoms with van der Waals surface area (Å²) in [5.41, 5.74) is 1.57. The van der Waals surface area contributed by atoms with Gasteiger partial charge in [-0.15, -0.1) is 11.3 Å². The summed E-state index contributed by atoms with van der Waals surface area (Å²) >= 11 is 7.71. The number of fused-ring (bicyclic) bond motifs is 3. The van der Waals surface area contributed by atoms with Crippen LogP contribution in [-0.2, 0) is 0 Å². The molecule has 0 radical (unpaired) electrons. The molecule has 0 saturated carbocycles. The van der Waals surface area contributed by atoms with E-state index in [2.05, 4.69) is 4.98 Å². The molecule has 0 aliphatic rings. The lowest BCUT2D eigenvalue weighted by Gasteiger charge is -2.06. The van der Waals surface area contributed by atoms with Crippen LogP contribution in [0.25, 0.3) is 31.4 Å². The average molecular weight is 340 g/mol. The number of carboxylic acids is 1. The van der Waals surface area contributed by atoms with Gasteiger partial charge < -0.3 is 5.11 Å². The van der Waals surface area contributed by atoms with Gasteiger partial charge in [-0.1, -0.05) is 29.8 Å². The van der Waals surface area contributed by atoms with Gasteiger partial charge in [0.25, 0.3) is 0 Å². The molecule has 23 heavy (non-hydrogen) atoms. The maximum absolute atomic E-state index is 11.5. The first-order chi connectivity index (χ1) is 11.1. The molecule has 0 saturated heterocycles. The van der Waals surface area contributed by atoms with Gasteiger partial charge in [0, 0.05) is 32.3 Å². The largest absolute Gasteiger partial charge is 0.478 e. The van der Waals surface area contributed by atoms with Gasteiger partial charge >= 0.3 is 5.97 Å². The normalized spacial score (nSPS) is 11.2. The molecule has 0 atom stereocenters. The van der Waals surface area contributed by atoms with Crippen molar-refractivity contribution in [3.8, 4) is 11.3 Å². The second-order valence-corrected chi connectivity index (χ2v) is 6.62. The number of aromatic nitrogens is 1. The smallest absolute Gasteiger partial charge is 0.336 e. The Bertz CT molecular complexity index is 1070. The molecule has 2 heterocycles. The second kappa shape index (κ2) is 5.33. The van der Waals surface area contributed by atoms with Crippen LogP contribution in [0.2, 0.25) is 5.02 Å². The average Bonchev–Trinajstić information content (AvgIpc) is 2.92. The summed E-state index contributed by atoms with van der Waals surface area (Å²) in [6.07, 6.45) is 1.71. The third-order valence-corrected chi connectivity index (χ3v) is 5.19. The van der Waals surface area contributed by atoms with Crippen LogP contribution in [0, 0.1) is 0 Å². The van der Waals surface area contributed by atoms with Crippen LogP contribution in [0.3, 0.4) is 0 Å². The van der Waals surface area contributed by atoms with E-state index in [0.717, 1.165) is 20.2 Å². The van der Waals surface area contributed by atoms with Gasteiger partial charge in [0.05, 0.1) is 16.0 Å². The van der Waals surface area contributed by atoms with Crippen LogP contribution >= 0.6 is 22.9 Å². The molecule has 0 bridgehead atoms. The summed E-state index contributed by atoms with van der Waals surface area (Å²) in [4.78, 5) is 16.0. The van der Waals surface area contributed by atoms with Crippen molar-refractivity contribution in [3.63, 3.8) is 0 Å². The number of carboxylic acid groups (broad SMARTS) is 1. The first kappa shape index (κ1) is 14.2. The fraction of sp³-hybridized carbons (Fsp3) is 0. The van der Waals surface area contributed by atoms with Crippen molar-refractivity contribution in [2.45, 2.75) is 0 Å². The predicted molar refractivity (Wildman–Crippen MR) is 94.5 cm³/mol. The number of aromatic carboxylic acids is 1. The van der Waals surface area contributed by atoms with Crippen LogP contribution in [-0.4, -0.2) is 16.1 Å². The lowest BCUT2D eigenvalue weighted by molar-refractivity contribution is 0.0697. The number of hydrogen-bond donors (Lipinski definition) is 1. The SMILES string of the molecule is O=C(O)c1ccccc1-c1nccc2c1sc1ccc(Cl)cc12. The van der Waals surface area contributed by atoms with E-state index >= 15 is 0 Å². The van der Waals surface area contributed by atoms with E-state index < -0.39 is 5.97 Å². The van der Waals surface area contributed by atoms with Gasteiger partial charge in [-0.05, 0) is 30.3 Å². The van der Waals surface area contributed by atoms with Crippen LogP contribution < -0.4 is 0 Å². The first-order valence-corrected chi connectivity index (χ1v) is 8.14. The van der Waals surface area contributed by atoms with Gasteiger partial charge in [-0.25, -0.2) is 4.79 Å². The van der Waals surface area contributed by atoms with E-state index in [9.17, 15) is 9.90 Å². The van der Waals surface area contributed by atoms with Gasteiger partial charge in [0.1, 0.15) is 0 Å². The van der Waals surface area contributed by atoms with Crippen LogP contribution in [0.1, 0.15) is 10.4 Å². The first-order valence-electron chi connectivity index (χ1n) is 6.94. The number of halogens is 1. The quantitative estimate of drug-likeness (QED) is 0.527. The summed E-state index contributed by atoms with van der Waals surface area (Å²) in [5.74, 6) is -0.955. The lowest BCUT2D eigenvalue weighted by Crippen LogP contribution is -1.99. The van der Waals surface area contributed by atoms with Gasteiger partial charge in [0.2, 0.25) is 0 Å². The maximum Gasteiger partial charge on any atom is 0.336 e. The summed E-state index contributed by atoms with van der Waals surface area (Å²) in [5, 5.41) is 12.2. The number of carbonyl (C=O) groups is 1. The minimum absolute atomic E-state index is 0.253. The zero-order chi connectivity index (χ0) is 16.0. The highest BCUT2D eigenvalue weighted by Gasteiger charge is 2.16. The number of thiophene rings is 1. The highest BCUT2D eigenvalue weighted by molar-refractivity contribution is 7.26. The molecule has 1 N–H and O–H groups in total. The van der Waals surface area contributed by atoms with E-state index in [1.807, 2.05) is 30.3 Å². The third kappa shape index (κ3) is 2.27. The van der Waals surface area contributed by atoms with E-state index in [0.29, 0.717) is 16.3 Å². The molecule has 0 spiro atoms. The molecule has 2 aromatic carbocycles. The molecular weight excluding hydrogens is 330 g/mol. The summed E-state index contributed by atoms with van der Waals surface area (Å²) in [6.45, 7) is 0. The van der Waals surface area contributed by atoms with Crippen LogP contribution in [0.5, 0.6) is 0 Å². The Morgan fingerprint density at radius 3 is 2.74 bits per heavy atom. The number of nitrogens with zero attached hydrogens (tertiary/aromatic N) is 1. The molecule has 0 amide bonds. The Morgan fingerprint density at radius 2 is 1.91 bits per heavy atom. The van der Waals surface area contributed by atoms with E-state index in [4.69, 9.17) is 11.6 Å². The van der Waals surface area contributed by atoms with Crippen molar-refractivity contribution in [2.75, 3.05) is 0 Å². The molecule has 0 aliphatic heterocycles. The minimum Gasteiger partial charge on any atom is -0.478 e. The van der Waals surface area contributed by atoms with Crippen molar-refractivity contribution in [1.29, 1.82) is 0 Å². The number of rotatable bonds is 2. The molecule has 4 aromatic rings. The molecule has 112 valence electrons. The Hall–Kier alpha value is -2.43. The molecule has 0 fully saturated rings. The molecule has 3 nitrogen and oxygen atoms in total. The molecule has 0 unspecified atom stereocenters. The van der Waals surface area contributed by atoms with Crippen molar-refractivity contribution >= 4 is 49.1 Å². The van der Waals surface area contributed by atoms with Crippen molar-refractivity contribution < 1.29 is 9.90 Å². The highest BCUT2D eigenvalue weighted by Crippen LogP contribution is 2.40. The Morgan fingerprint density at radius 1 is 1.09 bits per heavy atom. The molecule has 0 aliphatic carbocycles. The topological polar surface area (TPSA) is 50.2 Å². The third-order valence-electron chi connectivity index (χ3n) is 3.76. The van der Waals surface area contributed by atoms with E-state index in [-0.39, 0.29) is 5.56 Å². The maximum atomic E-state index is 11.5. The fourth-order valence-corrected chi connectivity index (χ4v) is 4.10. The van der Waals surface area contributed by atoms with Crippen molar-refractivity contribution in [1.82, 2.24) is 4.98 Å². The summed E-state index contributed by atoms with van der Waals surface area (Å²) < 4.78 is 2.07. The Labute approximate surface area is 140 Å². The molecular formula is C18H10ClNO2S. The van der Waals surface area contributed by atoms with Crippen LogP contribution in [0.15, 0.2) is 54.7 Å². The number of pyridine rings is 1. The van der Waals surface area contributed by atoms with Crippen molar-refractivity contribution in [3.05, 3.63) is 65.3 Å². The summed E-state index contributed by atoms with van der Waals surface area (Å²) in [7, 11) is 0. The van der Waals surface area contributed by atoms with Gasteiger partial charge in [-0.3, -0.25) is 4.98 Å². The molecule has 2 aromatic heterocycles. The standard InChI is InChI=1S/C18H10ClNO2S/c19-10-5-6-15-14(9-10)12-7-8-20-16(17(12)23-15)11-3-1-2-4-13(11)18(21)22/h1-9H,(H,21,22). The second-order valence-electron chi connectivity index (χ2n) is 5.13. The zero-order valence-corrected chi connectivity index (χ0v) is 13.4. The number of hydrogen-bond acceptors (Lipinski definition) is 3. The fourth-order valence-electron chi connectivity index (χ4n) is 2.74.